The topological polar surface area (TPSA) is 45.8 Å². The zero-order valence-electron chi connectivity index (χ0n) is 10.9. The summed E-state index contributed by atoms with van der Waals surface area (Å²) in [6.07, 6.45) is 2.19. The maximum atomic E-state index is 11.8. The van der Waals surface area contributed by atoms with Gasteiger partial charge in [-0.05, 0) is 23.8 Å². The van der Waals surface area contributed by atoms with Crippen molar-refractivity contribution < 1.29 is 9.21 Å². The molecule has 0 radical (unpaired) electrons. The molecule has 0 unspecified atom stereocenters. The highest BCUT2D eigenvalue weighted by Crippen LogP contribution is 2.36. The van der Waals surface area contributed by atoms with Gasteiger partial charge in [-0.3, -0.25) is 4.79 Å². The van der Waals surface area contributed by atoms with Gasteiger partial charge in [0.2, 0.25) is 5.91 Å². The molecular formula is C15H13ClN2O2. The van der Waals surface area contributed by atoms with Crippen molar-refractivity contribution in [1.29, 1.82) is 0 Å². The summed E-state index contributed by atoms with van der Waals surface area (Å²) in [6, 6.07) is 11.0. The van der Waals surface area contributed by atoms with E-state index >= 15 is 0 Å². The lowest BCUT2D eigenvalue weighted by atomic mass is 10.0. The molecule has 5 heteroatoms. The fraction of sp³-hybridized carbons (Fsp3) is 0.200. The van der Waals surface area contributed by atoms with Gasteiger partial charge in [0.05, 0.1) is 12.3 Å². The average molecular weight is 289 g/mol. The molecule has 1 aromatic carbocycles. The van der Waals surface area contributed by atoms with E-state index in [0.29, 0.717) is 17.2 Å². The first-order chi connectivity index (χ1) is 9.66. The lowest BCUT2D eigenvalue weighted by Crippen LogP contribution is -2.24. The summed E-state index contributed by atoms with van der Waals surface area (Å²) in [7, 11) is 0. The van der Waals surface area contributed by atoms with E-state index < -0.39 is 0 Å². The first kappa shape index (κ1) is 12.9. The summed E-state index contributed by atoms with van der Waals surface area (Å²) in [5.41, 5.74) is 1.66. The third-order valence-corrected chi connectivity index (χ3v) is 3.65. The summed E-state index contributed by atoms with van der Waals surface area (Å²) in [5.74, 6) is 0.572. The molecule has 1 amide bonds. The van der Waals surface area contributed by atoms with E-state index in [1.165, 1.54) is 11.9 Å². The second-order valence-electron chi connectivity index (χ2n) is 4.63. The van der Waals surface area contributed by atoms with Gasteiger partial charge >= 0.3 is 0 Å². The van der Waals surface area contributed by atoms with Crippen LogP contribution < -0.4 is 0 Å². The number of carbonyl (C=O) groups is 1. The number of furan rings is 1. The van der Waals surface area contributed by atoms with Gasteiger partial charge in [0.15, 0.2) is 0 Å². The number of halogens is 1. The van der Waals surface area contributed by atoms with E-state index in [-0.39, 0.29) is 11.9 Å². The fourth-order valence-corrected chi connectivity index (χ4v) is 2.64. The smallest absolute Gasteiger partial charge is 0.240 e. The molecular weight excluding hydrogens is 276 g/mol. The van der Waals surface area contributed by atoms with Crippen LogP contribution in [0.1, 0.15) is 30.7 Å². The molecule has 0 saturated carbocycles. The Kier molecular flexibility index (Phi) is 3.32. The molecule has 1 aliphatic rings. The molecule has 0 N–H and O–H groups in total. The number of hydrogen-bond donors (Lipinski definition) is 0. The second kappa shape index (κ2) is 5.13. The molecule has 1 aliphatic heterocycles. The monoisotopic (exact) mass is 288 g/mol. The number of hydrogen-bond acceptors (Lipinski definition) is 3. The van der Waals surface area contributed by atoms with Crippen molar-refractivity contribution in [3.8, 4) is 0 Å². The largest absolute Gasteiger partial charge is 0.463 e. The summed E-state index contributed by atoms with van der Waals surface area (Å²) >= 11 is 6.23. The first-order valence-electron chi connectivity index (χ1n) is 6.32. The maximum absolute atomic E-state index is 11.8. The Hall–Kier alpha value is -2.07. The third-order valence-electron chi connectivity index (χ3n) is 3.30. The quantitative estimate of drug-likeness (QED) is 0.847. The summed E-state index contributed by atoms with van der Waals surface area (Å²) < 4.78 is 5.36. The van der Waals surface area contributed by atoms with Crippen LogP contribution in [0.4, 0.5) is 0 Å². The zero-order valence-corrected chi connectivity index (χ0v) is 11.7. The number of carbonyl (C=O) groups excluding carboxylic acids is 1. The van der Waals surface area contributed by atoms with E-state index in [1.807, 2.05) is 30.3 Å². The van der Waals surface area contributed by atoms with Gasteiger partial charge in [-0.2, -0.15) is 5.10 Å². The van der Waals surface area contributed by atoms with Crippen molar-refractivity contribution in [2.75, 3.05) is 0 Å². The van der Waals surface area contributed by atoms with Crippen molar-refractivity contribution in [2.24, 2.45) is 5.10 Å². The number of hydrazone groups is 1. The second-order valence-corrected chi connectivity index (χ2v) is 5.04. The zero-order chi connectivity index (χ0) is 14.1. The highest BCUT2D eigenvalue weighted by atomic mass is 35.5. The van der Waals surface area contributed by atoms with Crippen molar-refractivity contribution in [3.63, 3.8) is 0 Å². The van der Waals surface area contributed by atoms with Crippen LogP contribution in [0.5, 0.6) is 0 Å². The van der Waals surface area contributed by atoms with Gasteiger partial charge in [-0.25, -0.2) is 5.01 Å². The van der Waals surface area contributed by atoms with Crippen LogP contribution in [0.2, 0.25) is 5.02 Å². The van der Waals surface area contributed by atoms with E-state index in [1.54, 1.807) is 12.3 Å². The van der Waals surface area contributed by atoms with Crippen molar-refractivity contribution >= 4 is 23.2 Å². The van der Waals surface area contributed by atoms with Crippen LogP contribution in [-0.2, 0) is 4.79 Å². The predicted octanol–water partition coefficient (Wildman–Crippen LogP) is 3.63. The van der Waals surface area contributed by atoms with Crippen LogP contribution in [0, 0.1) is 0 Å². The maximum Gasteiger partial charge on any atom is 0.240 e. The molecule has 1 aromatic heterocycles. The molecule has 0 aliphatic carbocycles. The van der Waals surface area contributed by atoms with Gasteiger partial charge in [0.1, 0.15) is 11.5 Å². The van der Waals surface area contributed by atoms with Crippen LogP contribution in [0.25, 0.3) is 0 Å². The van der Waals surface area contributed by atoms with Crippen molar-refractivity contribution in [3.05, 3.63) is 59.0 Å². The molecule has 2 heterocycles. The van der Waals surface area contributed by atoms with Crippen LogP contribution in [0.3, 0.4) is 0 Å². The van der Waals surface area contributed by atoms with E-state index in [2.05, 4.69) is 5.10 Å². The van der Waals surface area contributed by atoms with Gasteiger partial charge in [0.25, 0.3) is 0 Å². The van der Waals surface area contributed by atoms with Gasteiger partial charge in [0, 0.05) is 18.4 Å². The Morgan fingerprint density at radius 1 is 1.35 bits per heavy atom. The van der Waals surface area contributed by atoms with Crippen molar-refractivity contribution in [2.45, 2.75) is 19.4 Å². The van der Waals surface area contributed by atoms with Crippen molar-refractivity contribution in [1.82, 2.24) is 5.01 Å². The molecule has 0 saturated heterocycles. The lowest BCUT2D eigenvalue weighted by Gasteiger charge is -2.21. The van der Waals surface area contributed by atoms with Gasteiger partial charge in [-0.1, -0.05) is 29.8 Å². The number of nitrogens with zero attached hydrogens (tertiary/aromatic N) is 2. The molecule has 3 rings (SSSR count). The average Bonchev–Trinajstić information content (AvgIpc) is 3.08. The molecule has 0 fully saturated rings. The van der Waals surface area contributed by atoms with Crippen LogP contribution in [0.15, 0.2) is 52.2 Å². The molecule has 0 spiro atoms. The van der Waals surface area contributed by atoms with Gasteiger partial charge in [-0.15, -0.1) is 0 Å². The lowest BCUT2D eigenvalue weighted by molar-refractivity contribution is -0.130. The van der Waals surface area contributed by atoms with Crippen LogP contribution >= 0.6 is 11.6 Å². The number of benzene rings is 1. The van der Waals surface area contributed by atoms with E-state index in [9.17, 15) is 4.79 Å². The fourth-order valence-electron chi connectivity index (χ4n) is 2.38. The molecule has 2 aromatic rings. The third kappa shape index (κ3) is 2.23. The molecule has 4 nitrogen and oxygen atoms in total. The highest BCUT2D eigenvalue weighted by molar-refractivity contribution is 6.31. The van der Waals surface area contributed by atoms with E-state index in [0.717, 1.165) is 11.3 Å². The first-order valence-corrected chi connectivity index (χ1v) is 6.70. The normalized spacial score (nSPS) is 18.2. The Labute approximate surface area is 121 Å². The number of rotatable bonds is 2. The van der Waals surface area contributed by atoms with Crippen LogP contribution in [-0.4, -0.2) is 16.6 Å². The Morgan fingerprint density at radius 3 is 2.80 bits per heavy atom. The highest BCUT2D eigenvalue weighted by Gasteiger charge is 2.33. The standard InChI is InChI=1S/C15H13ClN2O2/c1-10(19)18-14(11-5-2-3-6-12(11)16)9-13(17-18)15-7-4-8-20-15/h2-8,14H,9H2,1H3/t14-/m1/s1. The Bertz CT molecular complexity index is 664. The molecule has 1 atom stereocenters. The van der Waals surface area contributed by atoms with E-state index in [4.69, 9.17) is 16.0 Å². The summed E-state index contributed by atoms with van der Waals surface area (Å²) in [6.45, 7) is 1.50. The minimum absolute atomic E-state index is 0.114. The predicted molar refractivity (Wildman–Crippen MR) is 76.6 cm³/mol. The minimum atomic E-state index is -0.179. The Morgan fingerprint density at radius 2 is 2.15 bits per heavy atom. The molecule has 20 heavy (non-hydrogen) atoms. The number of amides is 1. The SMILES string of the molecule is CC(=O)N1N=C(c2ccco2)C[C@@H]1c1ccccc1Cl. The molecule has 102 valence electrons. The van der Waals surface area contributed by atoms with Gasteiger partial charge < -0.3 is 4.42 Å². The summed E-state index contributed by atoms with van der Waals surface area (Å²) in [4.78, 5) is 11.8. The summed E-state index contributed by atoms with van der Waals surface area (Å²) in [5, 5.41) is 6.49. The Balaban J connectivity index is 1.98. The minimum Gasteiger partial charge on any atom is -0.463 e. The molecule has 0 bridgehead atoms.